The van der Waals surface area contributed by atoms with Gasteiger partial charge in [0.25, 0.3) is 0 Å². The highest BCUT2D eigenvalue weighted by atomic mass is 14.4. The smallest absolute Gasteiger partial charge is 0.0270 e. The Morgan fingerprint density at radius 3 is 1.88 bits per heavy atom. The van der Waals surface area contributed by atoms with Gasteiger partial charge in [0.2, 0.25) is 0 Å². The molecule has 3 atom stereocenters. The highest BCUT2D eigenvalue weighted by molar-refractivity contribution is 4.87. The third-order valence-electron chi connectivity index (χ3n) is 5.05. The van der Waals surface area contributed by atoms with Gasteiger partial charge in [0.1, 0.15) is 0 Å². The summed E-state index contributed by atoms with van der Waals surface area (Å²) in [6.07, 6.45) is 8.22. The standard InChI is InChI=1S/C17H36/c1-8-11-12-16(14(4)5)17(7,13-9-2)15(6)10-3/h14-16H,8-13H2,1-7H3. The third kappa shape index (κ3) is 4.64. The molecule has 0 saturated carbocycles. The fourth-order valence-electron chi connectivity index (χ4n) is 3.65. The summed E-state index contributed by atoms with van der Waals surface area (Å²) in [5.41, 5.74) is 0.548. The molecule has 0 aromatic carbocycles. The Balaban J connectivity index is 4.92. The Hall–Kier alpha value is 0. The van der Waals surface area contributed by atoms with E-state index in [1.165, 1.54) is 38.5 Å². The first-order valence-electron chi connectivity index (χ1n) is 7.93. The molecule has 0 spiro atoms. The molecule has 0 heterocycles. The highest BCUT2D eigenvalue weighted by Gasteiger charge is 2.38. The van der Waals surface area contributed by atoms with Crippen LogP contribution in [0.4, 0.5) is 0 Å². The lowest BCUT2D eigenvalue weighted by Crippen LogP contribution is -2.37. The van der Waals surface area contributed by atoms with Crippen molar-refractivity contribution in [2.24, 2.45) is 23.2 Å². The normalized spacial score (nSPS) is 19.1. The van der Waals surface area contributed by atoms with Gasteiger partial charge in [0.05, 0.1) is 0 Å². The molecule has 0 saturated heterocycles. The lowest BCUT2D eigenvalue weighted by Gasteiger charge is -2.45. The van der Waals surface area contributed by atoms with Crippen molar-refractivity contribution >= 4 is 0 Å². The molecule has 0 bridgehead atoms. The van der Waals surface area contributed by atoms with Crippen molar-refractivity contribution in [2.45, 2.75) is 87.0 Å². The Kier molecular flexibility index (Phi) is 8.16. The van der Waals surface area contributed by atoms with Crippen molar-refractivity contribution in [3.63, 3.8) is 0 Å². The average Bonchev–Trinajstić information content (AvgIpc) is 2.28. The summed E-state index contributed by atoms with van der Waals surface area (Å²) in [5, 5.41) is 0. The van der Waals surface area contributed by atoms with E-state index in [2.05, 4.69) is 48.5 Å². The van der Waals surface area contributed by atoms with Crippen molar-refractivity contribution < 1.29 is 0 Å². The van der Waals surface area contributed by atoms with E-state index in [4.69, 9.17) is 0 Å². The minimum atomic E-state index is 0.548. The van der Waals surface area contributed by atoms with E-state index in [0.29, 0.717) is 5.41 Å². The van der Waals surface area contributed by atoms with Crippen LogP contribution in [0.15, 0.2) is 0 Å². The molecule has 0 rings (SSSR count). The molecule has 0 aliphatic rings. The van der Waals surface area contributed by atoms with Gasteiger partial charge >= 0.3 is 0 Å². The number of hydrogen-bond donors (Lipinski definition) is 0. The molecule has 0 radical (unpaired) electrons. The number of hydrogen-bond acceptors (Lipinski definition) is 0. The van der Waals surface area contributed by atoms with Crippen molar-refractivity contribution in [1.29, 1.82) is 0 Å². The molecule has 0 nitrogen and oxygen atoms in total. The summed E-state index contributed by atoms with van der Waals surface area (Å²) in [5.74, 6) is 2.58. The van der Waals surface area contributed by atoms with Gasteiger partial charge < -0.3 is 0 Å². The highest BCUT2D eigenvalue weighted by Crippen LogP contribution is 2.47. The van der Waals surface area contributed by atoms with Crippen LogP contribution in [0.2, 0.25) is 0 Å². The molecule has 0 aliphatic heterocycles. The van der Waals surface area contributed by atoms with E-state index < -0.39 is 0 Å². The van der Waals surface area contributed by atoms with Gasteiger partial charge in [0.15, 0.2) is 0 Å². The van der Waals surface area contributed by atoms with Gasteiger partial charge in [-0.2, -0.15) is 0 Å². The average molecular weight is 240 g/mol. The molecule has 104 valence electrons. The molecular formula is C17H36. The summed E-state index contributed by atoms with van der Waals surface area (Å²) in [7, 11) is 0. The predicted octanol–water partition coefficient (Wildman–Crippen LogP) is 6.30. The van der Waals surface area contributed by atoms with Gasteiger partial charge in [-0.1, -0.05) is 74.1 Å². The second-order valence-corrected chi connectivity index (χ2v) is 6.56. The van der Waals surface area contributed by atoms with Crippen LogP contribution in [0.5, 0.6) is 0 Å². The van der Waals surface area contributed by atoms with Crippen LogP contribution in [-0.4, -0.2) is 0 Å². The first-order valence-corrected chi connectivity index (χ1v) is 7.93. The lowest BCUT2D eigenvalue weighted by molar-refractivity contribution is 0.0458. The summed E-state index contributed by atoms with van der Waals surface area (Å²) < 4.78 is 0. The van der Waals surface area contributed by atoms with E-state index in [1.54, 1.807) is 0 Å². The van der Waals surface area contributed by atoms with Gasteiger partial charge in [0, 0.05) is 0 Å². The van der Waals surface area contributed by atoms with Crippen LogP contribution in [0.1, 0.15) is 87.0 Å². The minimum absolute atomic E-state index is 0.548. The Bertz CT molecular complexity index is 182. The molecule has 0 aromatic rings. The van der Waals surface area contributed by atoms with Crippen LogP contribution in [0.3, 0.4) is 0 Å². The van der Waals surface area contributed by atoms with Crippen LogP contribution in [-0.2, 0) is 0 Å². The SMILES string of the molecule is CCCCC(C(C)C)C(C)(CCC)C(C)CC. The maximum atomic E-state index is 2.56. The first kappa shape index (κ1) is 17.0. The van der Waals surface area contributed by atoms with E-state index in [1.807, 2.05) is 0 Å². The molecular weight excluding hydrogens is 204 g/mol. The Labute approximate surface area is 111 Å². The lowest BCUT2D eigenvalue weighted by atomic mass is 9.60. The van der Waals surface area contributed by atoms with E-state index in [0.717, 1.165) is 17.8 Å². The van der Waals surface area contributed by atoms with Crippen LogP contribution >= 0.6 is 0 Å². The van der Waals surface area contributed by atoms with E-state index in [9.17, 15) is 0 Å². The van der Waals surface area contributed by atoms with Crippen molar-refractivity contribution in [2.75, 3.05) is 0 Å². The zero-order valence-electron chi connectivity index (χ0n) is 13.5. The summed E-state index contributed by atoms with van der Waals surface area (Å²) in [6.45, 7) is 16.9. The second-order valence-electron chi connectivity index (χ2n) is 6.56. The van der Waals surface area contributed by atoms with Gasteiger partial charge in [-0.15, -0.1) is 0 Å². The fourth-order valence-corrected chi connectivity index (χ4v) is 3.65. The number of rotatable bonds is 9. The molecule has 0 amide bonds. The minimum Gasteiger partial charge on any atom is -0.0654 e. The summed E-state index contributed by atoms with van der Waals surface area (Å²) in [4.78, 5) is 0. The molecule has 0 aromatic heterocycles. The summed E-state index contributed by atoms with van der Waals surface area (Å²) in [6, 6.07) is 0. The molecule has 0 fully saturated rings. The van der Waals surface area contributed by atoms with E-state index in [-0.39, 0.29) is 0 Å². The van der Waals surface area contributed by atoms with Crippen molar-refractivity contribution in [3.05, 3.63) is 0 Å². The van der Waals surface area contributed by atoms with Crippen molar-refractivity contribution in [3.8, 4) is 0 Å². The maximum Gasteiger partial charge on any atom is -0.0270 e. The van der Waals surface area contributed by atoms with Crippen LogP contribution in [0.25, 0.3) is 0 Å². The molecule has 3 unspecified atom stereocenters. The molecule has 0 heteroatoms. The molecule has 0 N–H and O–H groups in total. The fraction of sp³-hybridized carbons (Fsp3) is 1.00. The largest absolute Gasteiger partial charge is 0.0654 e. The maximum absolute atomic E-state index is 2.56. The monoisotopic (exact) mass is 240 g/mol. The predicted molar refractivity (Wildman–Crippen MR) is 80.3 cm³/mol. The third-order valence-corrected chi connectivity index (χ3v) is 5.05. The van der Waals surface area contributed by atoms with Gasteiger partial charge in [-0.25, -0.2) is 0 Å². The quantitative estimate of drug-likeness (QED) is 0.443. The molecule has 0 aliphatic carbocycles. The number of unbranched alkanes of at least 4 members (excludes halogenated alkanes) is 1. The Morgan fingerprint density at radius 2 is 1.53 bits per heavy atom. The zero-order chi connectivity index (χ0) is 13.5. The van der Waals surface area contributed by atoms with Crippen LogP contribution in [0, 0.1) is 23.2 Å². The molecule has 17 heavy (non-hydrogen) atoms. The topological polar surface area (TPSA) is 0 Å². The second kappa shape index (κ2) is 8.16. The summed E-state index contributed by atoms with van der Waals surface area (Å²) >= 11 is 0. The van der Waals surface area contributed by atoms with E-state index >= 15 is 0 Å². The first-order chi connectivity index (χ1) is 7.93. The Morgan fingerprint density at radius 1 is 0.941 bits per heavy atom. The van der Waals surface area contributed by atoms with Crippen LogP contribution < -0.4 is 0 Å². The zero-order valence-corrected chi connectivity index (χ0v) is 13.5. The van der Waals surface area contributed by atoms with Gasteiger partial charge in [-0.05, 0) is 36.0 Å². The van der Waals surface area contributed by atoms with Crippen molar-refractivity contribution in [1.82, 2.24) is 0 Å². The van der Waals surface area contributed by atoms with Gasteiger partial charge in [-0.3, -0.25) is 0 Å².